The van der Waals surface area contributed by atoms with E-state index in [0.717, 1.165) is 19.0 Å². The maximum atomic E-state index is 13.2. The van der Waals surface area contributed by atoms with Crippen LogP contribution >= 0.6 is 23.2 Å². The number of amides is 1. The largest absolute Gasteiger partial charge is 0.507 e. The van der Waals surface area contributed by atoms with E-state index in [9.17, 15) is 34.5 Å². The monoisotopic (exact) mass is 572 g/mol. The fraction of sp³-hybridized carbons (Fsp3) is 0.185. The van der Waals surface area contributed by atoms with Crippen LogP contribution in [-0.4, -0.2) is 70.3 Å². The first kappa shape index (κ1) is 27.9. The molecule has 3 aromatic rings. The molecule has 39 heavy (non-hydrogen) atoms. The summed E-state index contributed by atoms with van der Waals surface area (Å²) in [5.41, 5.74) is -0.844. The van der Waals surface area contributed by atoms with Crippen LogP contribution < -0.4 is 5.32 Å². The van der Waals surface area contributed by atoms with Gasteiger partial charge in [-0.1, -0.05) is 35.3 Å². The van der Waals surface area contributed by atoms with Gasteiger partial charge in [-0.05, 0) is 62.0 Å². The molecule has 1 aliphatic rings. The Kier molecular flexibility index (Phi) is 8.10. The number of nitrogens with one attached hydrogen (secondary N) is 1. The highest BCUT2D eigenvalue weighted by Gasteiger charge is 2.27. The van der Waals surface area contributed by atoms with Gasteiger partial charge in [0, 0.05) is 21.7 Å². The number of halogens is 2. The molecule has 1 saturated heterocycles. The normalized spacial score (nSPS) is 14.8. The molecule has 3 aromatic carbocycles. The number of esters is 1. The van der Waals surface area contributed by atoms with Crippen LogP contribution in [0.3, 0.4) is 0 Å². The van der Waals surface area contributed by atoms with E-state index >= 15 is 0 Å². The average molecular weight is 573 g/mol. The summed E-state index contributed by atoms with van der Waals surface area (Å²) in [6.45, 7) is 1.03. The van der Waals surface area contributed by atoms with Gasteiger partial charge in [0.2, 0.25) is 0 Å². The van der Waals surface area contributed by atoms with Crippen LogP contribution in [0.25, 0.3) is 11.1 Å². The lowest BCUT2D eigenvalue weighted by molar-refractivity contribution is 0.0188. The minimum Gasteiger partial charge on any atom is -0.507 e. The SMILES string of the molecule is CN1CCC1COC(=O)c1ccc(-c2ccc(Cl)cc2Cl)cc1NC(=O)c1cc(O)c(C(=O)O)cc1C(=O)O. The van der Waals surface area contributed by atoms with Crippen molar-refractivity contribution in [1.82, 2.24) is 4.90 Å². The molecule has 0 bridgehead atoms. The second kappa shape index (κ2) is 11.3. The van der Waals surface area contributed by atoms with Gasteiger partial charge in [-0.3, -0.25) is 9.69 Å². The minimum atomic E-state index is -1.59. The van der Waals surface area contributed by atoms with Crippen LogP contribution in [0.1, 0.15) is 47.9 Å². The van der Waals surface area contributed by atoms with Crippen molar-refractivity contribution in [3.8, 4) is 16.9 Å². The maximum absolute atomic E-state index is 13.2. The zero-order valence-electron chi connectivity index (χ0n) is 20.4. The molecule has 0 aliphatic carbocycles. The van der Waals surface area contributed by atoms with E-state index in [-0.39, 0.29) is 23.9 Å². The van der Waals surface area contributed by atoms with Gasteiger partial charge in [-0.15, -0.1) is 0 Å². The van der Waals surface area contributed by atoms with Crippen LogP contribution in [-0.2, 0) is 4.74 Å². The number of ether oxygens (including phenoxy) is 1. The van der Waals surface area contributed by atoms with Gasteiger partial charge in [0.15, 0.2) is 0 Å². The number of rotatable bonds is 8. The Morgan fingerprint density at radius 1 is 0.949 bits per heavy atom. The predicted octanol–water partition coefficient (Wildman–Crippen LogP) is 4.88. The number of carboxylic acid groups (broad SMARTS) is 2. The molecule has 1 fully saturated rings. The van der Waals surface area contributed by atoms with E-state index in [2.05, 4.69) is 5.32 Å². The number of anilines is 1. The summed E-state index contributed by atoms with van der Waals surface area (Å²) < 4.78 is 5.46. The van der Waals surface area contributed by atoms with Crippen LogP contribution in [0.5, 0.6) is 5.75 Å². The molecule has 1 heterocycles. The topological polar surface area (TPSA) is 153 Å². The third-order valence-electron chi connectivity index (χ3n) is 6.42. The van der Waals surface area contributed by atoms with Crippen molar-refractivity contribution in [2.24, 2.45) is 0 Å². The summed E-state index contributed by atoms with van der Waals surface area (Å²) in [5.74, 6) is -5.69. The minimum absolute atomic E-state index is 0.0117. The quantitative estimate of drug-likeness (QED) is 0.276. The number of benzene rings is 3. The van der Waals surface area contributed by atoms with Crippen LogP contribution in [0.15, 0.2) is 48.5 Å². The Morgan fingerprint density at radius 3 is 2.26 bits per heavy atom. The molecule has 0 spiro atoms. The molecule has 202 valence electrons. The lowest BCUT2D eigenvalue weighted by Gasteiger charge is -2.37. The molecule has 0 aromatic heterocycles. The number of carbonyl (C=O) groups excluding carboxylic acids is 2. The van der Waals surface area contributed by atoms with Gasteiger partial charge in [0.25, 0.3) is 5.91 Å². The van der Waals surface area contributed by atoms with Crippen molar-refractivity contribution >= 4 is 52.7 Å². The molecule has 10 nitrogen and oxygen atoms in total. The smallest absolute Gasteiger partial charge is 0.340 e. The third kappa shape index (κ3) is 5.98. The number of carboxylic acids is 2. The number of hydrogen-bond acceptors (Lipinski definition) is 7. The molecule has 1 amide bonds. The molecular weight excluding hydrogens is 551 g/mol. The van der Waals surface area contributed by atoms with Crippen LogP contribution in [0.4, 0.5) is 5.69 Å². The number of likely N-dealkylation sites (N-methyl/N-ethyl adjacent to an activating group) is 1. The van der Waals surface area contributed by atoms with Crippen molar-refractivity contribution in [1.29, 1.82) is 0 Å². The second-order valence-electron chi connectivity index (χ2n) is 8.89. The highest BCUT2D eigenvalue weighted by Crippen LogP contribution is 2.34. The van der Waals surface area contributed by atoms with Crippen LogP contribution in [0.2, 0.25) is 10.0 Å². The van der Waals surface area contributed by atoms with Crippen molar-refractivity contribution < 1.29 is 39.2 Å². The van der Waals surface area contributed by atoms with Gasteiger partial charge in [-0.2, -0.15) is 0 Å². The van der Waals surface area contributed by atoms with E-state index in [4.69, 9.17) is 27.9 Å². The molecule has 1 atom stereocenters. The van der Waals surface area contributed by atoms with Crippen molar-refractivity contribution in [3.05, 3.63) is 80.8 Å². The van der Waals surface area contributed by atoms with Gasteiger partial charge in [0.05, 0.1) is 22.4 Å². The first-order chi connectivity index (χ1) is 18.5. The van der Waals surface area contributed by atoms with Gasteiger partial charge in [0.1, 0.15) is 17.9 Å². The zero-order valence-corrected chi connectivity index (χ0v) is 21.9. The molecule has 1 aliphatic heterocycles. The number of nitrogens with zero attached hydrogens (tertiary/aromatic N) is 1. The number of phenols is 1. The summed E-state index contributed by atoms with van der Waals surface area (Å²) in [7, 11) is 1.91. The molecule has 4 rings (SSSR count). The Bertz CT molecular complexity index is 1510. The van der Waals surface area contributed by atoms with Crippen molar-refractivity contribution in [2.75, 3.05) is 25.5 Å². The summed E-state index contributed by atoms with van der Waals surface area (Å²) in [4.78, 5) is 51.4. The lowest BCUT2D eigenvalue weighted by Crippen LogP contribution is -2.47. The Balaban J connectivity index is 1.73. The van der Waals surface area contributed by atoms with E-state index in [0.29, 0.717) is 27.2 Å². The molecule has 0 radical (unpaired) electrons. The third-order valence-corrected chi connectivity index (χ3v) is 6.96. The van der Waals surface area contributed by atoms with E-state index in [1.165, 1.54) is 18.2 Å². The predicted molar refractivity (Wildman–Crippen MR) is 143 cm³/mol. The summed E-state index contributed by atoms with van der Waals surface area (Å²) in [5, 5.41) is 32.1. The highest BCUT2D eigenvalue weighted by molar-refractivity contribution is 6.36. The number of likely N-dealkylation sites (tertiary alicyclic amines) is 1. The van der Waals surface area contributed by atoms with Gasteiger partial charge < -0.3 is 25.4 Å². The Hall–Kier alpha value is -4.12. The van der Waals surface area contributed by atoms with E-state index in [1.807, 2.05) is 11.9 Å². The average Bonchev–Trinajstić information content (AvgIpc) is 2.87. The molecule has 1 unspecified atom stereocenters. The van der Waals surface area contributed by atoms with Gasteiger partial charge >= 0.3 is 17.9 Å². The number of aromatic hydroxyl groups is 1. The summed E-state index contributed by atoms with van der Waals surface area (Å²) in [6.07, 6.45) is 0.870. The molecule has 12 heteroatoms. The second-order valence-corrected chi connectivity index (χ2v) is 9.73. The van der Waals surface area contributed by atoms with Crippen molar-refractivity contribution in [3.63, 3.8) is 0 Å². The van der Waals surface area contributed by atoms with E-state index in [1.54, 1.807) is 18.2 Å². The van der Waals surface area contributed by atoms with E-state index < -0.39 is 46.3 Å². The summed E-state index contributed by atoms with van der Waals surface area (Å²) >= 11 is 12.3. The zero-order chi connectivity index (χ0) is 28.4. The number of aromatic carboxylic acids is 2. The highest BCUT2D eigenvalue weighted by atomic mass is 35.5. The molecule has 0 saturated carbocycles. The lowest BCUT2D eigenvalue weighted by atomic mass is 10.00. The standard InChI is InChI=1S/C27H22Cl2N2O8/c1-31-7-6-15(31)12-39-27(38)17-4-2-13(16-5-3-14(28)9-21(16)29)8-22(17)30-24(33)18-11-23(32)20(26(36)37)10-19(18)25(34)35/h2-5,8-11,15,32H,6-7,12H2,1H3,(H,30,33)(H,34,35)(H,36,37). The molecular formula is C27H22Cl2N2O8. The fourth-order valence-corrected chi connectivity index (χ4v) is 4.58. The number of carbonyl (C=O) groups is 4. The Morgan fingerprint density at radius 2 is 1.67 bits per heavy atom. The summed E-state index contributed by atoms with van der Waals surface area (Å²) in [6, 6.07) is 10.8. The van der Waals surface area contributed by atoms with Gasteiger partial charge in [-0.25, -0.2) is 14.4 Å². The maximum Gasteiger partial charge on any atom is 0.340 e. The molecule has 4 N–H and O–H groups in total. The fourth-order valence-electron chi connectivity index (χ4n) is 4.06. The number of hydrogen-bond donors (Lipinski definition) is 4. The Labute approximate surface area is 232 Å². The first-order valence-corrected chi connectivity index (χ1v) is 12.3. The van der Waals surface area contributed by atoms with Crippen LogP contribution in [0, 0.1) is 0 Å². The first-order valence-electron chi connectivity index (χ1n) is 11.6. The van der Waals surface area contributed by atoms with Crippen molar-refractivity contribution in [2.45, 2.75) is 12.5 Å².